The van der Waals surface area contributed by atoms with E-state index in [0.717, 1.165) is 24.0 Å². The van der Waals surface area contributed by atoms with Gasteiger partial charge in [0, 0.05) is 13.1 Å². The first kappa shape index (κ1) is 21.1. The number of nitrogens with zero attached hydrogens (tertiary/aromatic N) is 1. The molecule has 2 rings (SSSR count). The van der Waals surface area contributed by atoms with Crippen molar-refractivity contribution < 1.29 is 27.5 Å². The molecule has 0 radical (unpaired) electrons. The second-order valence-corrected chi connectivity index (χ2v) is 8.77. The van der Waals surface area contributed by atoms with Gasteiger partial charge in [-0.05, 0) is 18.1 Å². The van der Waals surface area contributed by atoms with Crippen LogP contribution in [0.3, 0.4) is 0 Å². The summed E-state index contributed by atoms with van der Waals surface area (Å²) in [5, 5.41) is 0. The molecule has 0 aliphatic carbocycles. The predicted octanol–water partition coefficient (Wildman–Crippen LogP) is 2.84. The molecule has 9 heteroatoms. The van der Waals surface area contributed by atoms with Crippen LogP contribution < -0.4 is 0 Å². The highest BCUT2D eigenvalue weighted by Gasteiger charge is 2.35. The number of benzene rings is 1. The van der Waals surface area contributed by atoms with E-state index in [1.807, 2.05) is 30.3 Å². The van der Waals surface area contributed by atoms with E-state index in [9.17, 15) is 18.0 Å². The van der Waals surface area contributed by atoms with Gasteiger partial charge in [-0.25, -0.2) is 18.0 Å². The van der Waals surface area contributed by atoms with Gasteiger partial charge in [-0.1, -0.05) is 37.3 Å². The SMILES string of the molecule is CCN(Cc1ccccc1)S(=O)(=O)c1sc(C(=O)OC)c(C)c1C(=O)OC. The maximum atomic E-state index is 13.3. The van der Waals surface area contributed by atoms with Gasteiger partial charge < -0.3 is 9.47 Å². The number of methoxy groups -OCH3 is 2. The summed E-state index contributed by atoms with van der Waals surface area (Å²) in [6, 6.07) is 9.12. The van der Waals surface area contributed by atoms with Crippen molar-refractivity contribution in [2.75, 3.05) is 20.8 Å². The number of thiophene rings is 1. The lowest BCUT2D eigenvalue weighted by Gasteiger charge is -2.20. The van der Waals surface area contributed by atoms with Crippen LogP contribution in [0.5, 0.6) is 0 Å². The zero-order valence-corrected chi connectivity index (χ0v) is 17.1. The van der Waals surface area contributed by atoms with E-state index in [-0.39, 0.29) is 33.3 Å². The minimum Gasteiger partial charge on any atom is -0.465 e. The quantitative estimate of drug-likeness (QED) is 0.651. The van der Waals surface area contributed by atoms with Crippen LogP contribution >= 0.6 is 11.3 Å². The average molecular weight is 412 g/mol. The molecule has 0 aliphatic rings. The number of sulfonamides is 1. The maximum Gasteiger partial charge on any atom is 0.348 e. The summed E-state index contributed by atoms with van der Waals surface area (Å²) in [7, 11) is -1.68. The van der Waals surface area contributed by atoms with E-state index in [0.29, 0.717) is 0 Å². The lowest BCUT2D eigenvalue weighted by molar-refractivity contribution is 0.0596. The summed E-state index contributed by atoms with van der Waals surface area (Å²) in [6.07, 6.45) is 0. The first-order valence-corrected chi connectivity index (χ1v) is 10.4. The Bertz CT molecular complexity index is 934. The van der Waals surface area contributed by atoms with E-state index in [2.05, 4.69) is 0 Å². The van der Waals surface area contributed by atoms with E-state index in [4.69, 9.17) is 9.47 Å². The largest absolute Gasteiger partial charge is 0.465 e. The fourth-order valence-electron chi connectivity index (χ4n) is 2.57. The lowest BCUT2D eigenvalue weighted by atomic mass is 10.2. The number of hydrogen-bond acceptors (Lipinski definition) is 7. The van der Waals surface area contributed by atoms with Gasteiger partial charge in [0.05, 0.1) is 19.8 Å². The molecular formula is C18H21NO6S2. The van der Waals surface area contributed by atoms with Gasteiger partial charge in [-0.3, -0.25) is 0 Å². The van der Waals surface area contributed by atoms with Crippen LogP contribution in [-0.2, 0) is 26.0 Å². The number of rotatable bonds is 7. The molecule has 0 atom stereocenters. The minimum absolute atomic E-state index is 0.0623. The molecule has 146 valence electrons. The van der Waals surface area contributed by atoms with Gasteiger partial charge in [-0.2, -0.15) is 4.31 Å². The third-order valence-electron chi connectivity index (χ3n) is 4.00. The first-order valence-electron chi connectivity index (χ1n) is 8.12. The average Bonchev–Trinajstić information content (AvgIpc) is 3.03. The fourth-order valence-corrected chi connectivity index (χ4v) is 5.89. The van der Waals surface area contributed by atoms with Gasteiger partial charge in [0.2, 0.25) is 0 Å². The smallest absolute Gasteiger partial charge is 0.348 e. The summed E-state index contributed by atoms with van der Waals surface area (Å²) in [6.45, 7) is 3.55. The Labute approximate surface area is 162 Å². The lowest BCUT2D eigenvalue weighted by Crippen LogP contribution is -2.31. The van der Waals surface area contributed by atoms with Gasteiger partial charge in [0.1, 0.15) is 4.88 Å². The number of hydrogen-bond donors (Lipinski definition) is 0. The molecule has 7 nitrogen and oxygen atoms in total. The van der Waals surface area contributed by atoms with Gasteiger partial charge in [0.25, 0.3) is 10.0 Å². The number of carbonyl (C=O) groups excluding carboxylic acids is 2. The molecule has 0 aliphatic heterocycles. The maximum absolute atomic E-state index is 13.3. The first-order chi connectivity index (χ1) is 12.8. The molecule has 1 heterocycles. The molecular weight excluding hydrogens is 390 g/mol. The van der Waals surface area contributed by atoms with Crippen molar-refractivity contribution in [3.05, 3.63) is 51.9 Å². The monoisotopic (exact) mass is 411 g/mol. The molecule has 0 bridgehead atoms. The molecule has 0 N–H and O–H groups in total. The van der Waals surface area contributed by atoms with Crippen LogP contribution in [0.25, 0.3) is 0 Å². The van der Waals surface area contributed by atoms with Crippen LogP contribution in [0, 0.1) is 6.92 Å². The molecule has 0 fully saturated rings. The zero-order chi connectivity index (χ0) is 20.2. The Morgan fingerprint density at radius 1 is 1.07 bits per heavy atom. The zero-order valence-electron chi connectivity index (χ0n) is 15.5. The van der Waals surface area contributed by atoms with Crippen LogP contribution in [-0.4, -0.2) is 45.4 Å². The van der Waals surface area contributed by atoms with Crippen molar-refractivity contribution in [1.82, 2.24) is 4.31 Å². The Balaban J connectivity index is 2.59. The van der Waals surface area contributed by atoms with Crippen LogP contribution in [0.1, 0.15) is 38.1 Å². The summed E-state index contributed by atoms with van der Waals surface area (Å²) < 4.78 is 37.0. The van der Waals surface area contributed by atoms with Gasteiger partial charge in [0.15, 0.2) is 4.21 Å². The summed E-state index contributed by atoms with van der Waals surface area (Å²) >= 11 is 0.719. The molecule has 2 aromatic rings. The second kappa shape index (κ2) is 8.64. The molecule has 0 spiro atoms. The topological polar surface area (TPSA) is 90.0 Å². The Hall–Kier alpha value is -2.23. The van der Waals surface area contributed by atoms with E-state index in [1.165, 1.54) is 18.3 Å². The minimum atomic E-state index is -4.04. The normalized spacial score (nSPS) is 11.4. The highest BCUT2D eigenvalue weighted by Crippen LogP contribution is 2.35. The molecule has 1 aromatic heterocycles. The van der Waals surface area contributed by atoms with Crippen molar-refractivity contribution in [2.24, 2.45) is 0 Å². The van der Waals surface area contributed by atoms with Gasteiger partial charge >= 0.3 is 11.9 Å². The summed E-state index contributed by atoms with van der Waals surface area (Å²) in [5.41, 5.74) is 0.909. The molecule has 0 amide bonds. The van der Waals surface area contributed by atoms with Gasteiger partial charge in [-0.15, -0.1) is 11.3 Å². The molecule has 0 saturated carbocycles. The predicted molar refractivity (Wildman–Crippen MR) is 101 cm³/mol. The number of carbonyl (C=O) groups is 2. The van der Waals surface area contributed by atoms with Crippen LogP contribution in [0.4, 0.5) is 0 Å². The van der Waals surface area contributed by atoms with E-state index < -0.39 is 22.0 Å². The second-order valence-electron chi connectivity index (χ2n) is 5.62. The van der Waals surface area contributed by atoms with E-state index in [1.54, 1.807) is 6.92 Å². The van der Waals surface area contributed by atoms with Crippen molar-refractivity contribution in [3.63, 3.8) is 0 Å². The number of esters is 2. The standard InChI is InChI=1S/C18H21NO6S2/c1-5-19(11-13-9-7-6-8-10-13)27(22,23)18-14(16(20)24-3)12(2)15(26-18)17(21)25-4/h6-10H,5,11H2,1-4H3. The Morgan fingerprint density at radius 2 is 1.67 bits per heavy atom. The number of ether oxygens (including phenoxy) is 2. The molecule has 0 unspecified atom stereocenters. The highest BCUT2D eigenvalue weighted by molar-refractivity contribution is 7.91. The third kappa shape index (κ3) is 4.20. The molecule has 0 saturated heterocycles. The van der Waals surface area contributed by atoms with Crippen LogP contribution in [0.15, 0.2) is 34.5 Å². The molecule has 1 aromatic carbocycles. The summed E-state index contributed by atoms with van der Waals surface area (Å²) in [5.74, 6) is -1.51. The van der Waals surface area contributed by atoms with Crippen molar-refractivity contribution >= 4 is 33.3 Å². The van der Waals surface area contributed by atoms with E-state index >= 15 is 0 Å². The van der Waals surface area contributed by atoms with Crippen LogP contribution in [0.2, 0.25) is 0 Å². The third-order valence-corrected chi connectivity index (χ3v) is 7.69. The van der Waals surface area contributed by atoms with Crippen molar-refractivity contribution in [3.8, 4) is 0 Å². The summed E-state index contributed by atoms with van der Waals surface area (Å²) in [4.78, 5) is 24.3. The highest BCUT2D eigenvalue weighted by atomic mass is 32.2. The fraction of sp³-hybridized carbons (Fsp3) is 0.333. The Kier molecular flexibility index (Phi) is 6.74. The van der Waals surface area contributed by atoms with Crippen molar-refractivity contribution in [2.45, 2.75) is 24.6 Å². The van der Waals surface area contributed by atoms with Crippen molar-refractivity contribution in [1.29, 1.82) is 0 Å². The Morgan fingerprint density at radius 3 is 2.19 bits per heavy atom. The molecule has 27 heavy (non-hydrogen) atoms.